The van der Waals surface area contributed by atoms with Gasteiger partial charge in [-0.1, -0.05) is 62.9 Å². The summed E-state index contributed by atoms with van der Waals surface area (Å²) in [5.41, 5.74) is 2.61. The van der Waals surface area contributed by atoms with E-state index in [-0.39, 0.29) is 5.82 Å². The number of fused-ring (bicyclic) bond motifs is 1. The van der Waals surface area contributed by atoms with Crippen molar-refractivity contribution in [3.05, 3.63) is 89.6 Å². The van der Waals surface area contributed by atoms with Crippen LogP contribution in [0.15, 0.2) is 66.9 Å². The number of halogens is 5. The summed E-state index contributed by atoms with van der Waals surface area (Å²) in [5.74, 6) is -0.989. The third kappa shape index (κ3) is 8.16. The molecule has 4 rings (SSSR count). The van der Waals surface area contributed by atoms with Crippen LogP contribution in [0.5, 0.6) is 11.5 Å². The van der Waals surface area contributed by atoms with Crippen LogP contribution in [0.3, 0.4) is 0 Å². The fraction of sp³-hybridized carbons (Fsp3) is 0.344. The van der Waals surface area contributed by atoms with E-state index in [4.69, 9.17) is 4.74 Å². The zero-order valence-corrected chi connectivity index (χ0v) is 22.4. The van der Waals surface area contributed by atoms with Crippen LogP contribution in [-0.2, 0) is 12.8 Å². The molecule has 0 N–H and O–H groups in total. The summed E-state index contributed by atoms with van der Waals surface area (Å²) >= 11 is 0. The number of ether oxygens (including phenoxy) is 2. The largest absolute Gasteiger partial charge is 0.492 e. The Hall–Kier alpha value is -3.68. The average molecular weight is 558 g/mol. The molecule has 40 heavy (non-hydrogen) atoms. The minimum Gasteiger partial charge on any atom is -0.492 e. The molecule has 212 valence electrons. The molecule has 0 aliphatic rings. The second-order valence-corrected chi connectivity index (χ2v) is 9.79. The van der Waals surface area contributed by atoms with Crippen molar-refractivity contribution in [1.29, 1.82) is 0 Å². The lowest BCUT2D eigenvalue weighted by atomic mass is 9.98. The number of alkyl halides is 3. The van der Waals surface area contributed by atoms with Crippen molar-refractivity contribution in [2.24, 2.45) is 0 Å². The molecule has 0 spiro atoms. The van der Waals surface area contributed by atoms with E-state index in [0.717, 1.165) is 47.4 Å². The molecule has 4 aromatic rings. The third-order valence-electron chi connectivity index (χ3n) is 6.65. The minimum absolute atomic E-state index is 0.299. The average Bonchev–Trinajstić information content (AvgIpc) is 2.94. The fourth-order valence-electron chi connectivity index (χ4n) is 4.48. The summed E-state index contributed by atoms with van der Waals surface area (Å²) in [7, 11) is 0. The van der Waals surface area contributed by atoms with Crippen LogP contribution in [0.2, 0.25) is 0 Å². The van der Waals surface area contributed by atoms with E-state index in [1.807, 2.05) is 30.3 Å². The number of hydrogen-bond acceptors (Lipinski definition) is 3. The van der Waals surface area contributed by atoms with Crippen LogP contribution in [0.1, 0.15) is 50.2 Å². The zero-order chi connectivity index (χ0) is 28.5. The predicted octanol–water partition coefficient (Wildman–Crippen LogP) is 9.26. The van der Waals surface area contributed by atoms with Crippen molar-refractivity contribution in [2.75, 3.05) is 13.2 Å². The quantitative estimate of drug-likeness (QED) is 0.121. The number of hydrogen-bond donors (Lipinski definition) is 0. The smallest absolute Gasteiger partial charge is 0.422 e. The lowest BCUT2D eigenvalue weighted by molar-refractivity contribution is -0.153. The highest BCUT2D eigenvalue weighted by molar-refractivity contribution is 5.88. The molecule has 8 heteroatoms. The van der Waals surface area contributed by atoms with E-state index in [2.05, 4.69) is 16.6 Å². The Bertz CT molecular complexity index is 1400. The molecule has 0 bridgehead atoms. The summed E-state index contributed by atoms with van der Waals surface area (Å²) in [6.07, 6.45) is 3.62. The molecule has 1 heterocycles. The molecule has 1 aromatic heterocycles. The molecule has 0 unspecified atom stereocenters. The van der Waals surface area contributed by atoms with Gasteiger partial charge in [0.1, 0.15) is 11.6 Å². The van der Waals surface area contributed by atoms with Crippen molar-refractivity contribution in [1.82, 2.24) is 4.98 Å². The van der Waals surface area contributed by atoms with Gasteiger partial charge in [0.15, 0.2) is 18.2 Å². The van der Waals surface area contributed by atoms with Gasteiger partial charge < -0.3 is 9.47 Å². The molecule has 0 radical (unpaired) electrons. The molecule has 0 saturated heterocycles. The number of rotatable bonds is 13. The van der Waals surface area contributed by atoms with Gasteiger partial charge in [-0.25, -0.2) is 8.78 Å². The first-order chi connectivity index (χ1) is 19.2. The molecule has 0 saturated carbocycles. The van der Waals surface area contributed by atoms with Crippen molar-refractivity contribution < 1.29 is 31.4 Å². The molecule has 0 fully saturated rings. The van der Waals surface area contributed by atoms with E-state index < -0.39 is 24.3 Å². The van der Waals surface area contributed by atoms with Gasteiger partial charge in [0.25, 0.3) is 0 Å². The van der Waals surface area contributed by atoms with Gasteiger partial charge in [-0.3, -0.25) is 4.98 Å². The summed E-state index contributed by atoms with van der Waals surface area (Å²) < 4.78 is 76.7. The van der Waals surface area contributed by atoms with E-state index in [1.165, 1.54) is 25.3 Å². The molecule has 0 aliphatic heterocycles. The highest BCUT2D eigenvalue weighted by Crippen LogP contribution is 2.29. The molecule has 0 aliphatic carbocycles. The van der Waals surface area contributed by atoms with Gasteiger partial charge in [-0.05, 0) is 66.1 Å². The lowest BCUT2D eigenvalue weighted by Crippen LogP contribution is -2.19. The van der Waals surface area contributed by atoms with Crippen molar-refractivity contribution >= 4 is 10.8 Å². The Labute approximate surface area is 231 Å². The van der Waals surface area contributed by atoms with E-state index in [0.29, 0.717) is 36.0 Å². The predicted molar refractivity (Wildman–Crippen MR) is 147 cm³/mol. The summed E-state index contributed by atoms with van der Waals surface area (Å²) in [4.78, 5) is 4.51. The van der Waals surface area contributed by atoms with E-state index in [9.17, 15) is 17.6 Å². The minimum atomic E-state index is -4.55. The van der Waals surface area contributed by atoms with Gasteiger partial charge in [0.2, 0.25) is 0 Å². The van der Waals surface area contributed by atoms with Crippen LogP contribution < -0.4 is 9.47 Å². The van der Waals surface area contributed by atoms with Gasteiger partial charge in [0, 0.05) is 10.9 Å². The number of aryl methyl sites for hydroxylation is 2. The van der Waals surface area contributed by atoms with E-state index in [1.54, 1.807) is 18.3 Å². The summed E-state index contributed by atoms with van der Waals surface area (Å²) in [6, 6.07) is 16.5. The first-order valence-corrected chi connectivity index (χ1v) is 13.5. The first-order valence-electron chi connectivity index (χ1n) is 13.5. The number of nitrogens with zero attached hydrogens (tertiary/aromatic N) is 1. The Morgan fingerprint density at radius 3 is 2.35 bits per heavy atom. The Kier molecular flexibility index (Phi) is 9.96. The maximum atomic E-state index is 15.3. The van der Waals surface area contributed by atoms with Gasteiger partial charge >= 0.3 is 6.18 Å². The van der Waals surface area contributed by atoms with Crippen molar-refractivity contribution in [2.45, 2.75) is 58.0 Å². The standard InChI is InChI=1S/C32H32F5NO2/c1-2-3-4-5-6-17-39-26-13-15-29(38-20-26)25-12-14-27-24(19-25)11-10-23(31(27)34)9-7-22-8-16-30(28(33)18-22)40-21-32(35,36)37/h8,10-16,18-20H,2-7,9,17,21H2,1H3. The number of pyridine rings is 1. The van der Waals surface area contributed by atoms with Crippen LogP contribution in [0.4, 0.5) is 22.0 Å². The SMILES string of the molecule is CCCCCCCOc1ccc(-c2ccc3c(F)c(CCc4ccc(OCC(F)(F)F)c(F)c4)ccc3c2)nc1. The van der Waals surface area contributed by atoms with Gasteiger partial charge in [-0.15, -0.1) is 0 Å². The second-order valence-electron chi connectivity index (χ2n) is 9.79. The highest BCUT2D eigenvalue weighted by atomic mass is 19.4. The number of aromatic nitrogens is 1. The van der Waals surface area contributed by atoms with Crippen LogP contribution >= 0.6 is 0 Å². The molecule has 0 amide bonds. The first kappa shape index (κ1) is 29.3. The normalized spacial score (nSPS) is 11.7. The lowest BCUT2D eigenvalue weighted by Gasteiger charge is -2.11. The van der Waals surface area contributed by atoms with Crippen LogP contribution in [0.25, 0.3) is 22.0 Å². The summed E-state index contributed by atoms with van der Waals surface area (Å²) in [6.45, 7) is 1.29. The van der Waals surface area contributed by atoms with Crippen molar-refractivity contribution in [3.8, 4) is 22.8 Å². The van der Waals surface area contributed by atoms with Crippen LogP contribution in [0, 0.1) is 11.6 Å². The molecule has 3 aromatic carbocycles. The van der Waals surface area contributed by atoms with E-state index >= 15 is 4.39 Å². The maximum Gasteiger partial charge on any atom is 0.422 e. The van der Waals surface area contributed by atoms with Gasteiger partial charge in [-0.2, -0.15) is 13.2 Å². The second kappa shape index (κ2) is 13.6. The highest BCUT2D eigenvalue weighted by Gasteiger charge is 2.29. The summed E-state index contributed by atoms with van der Waals surface area (Å²) in [5, 5.41) is 1.19. The van der Waals surface area contributed by atoms with Crippen LogP contribution in [-0.4, -0.2) is 24.4 Å². The Balaban J connectivity index is 1.37. The monoisotopic (exact) mass is 557 g/mol. The fourth-order valence-corrected chi connectivity index (χ4v) is 4.48. The molecular formula is C32H32F5NO2. The third-order valence-corrected chi connectivity index (χ3v) is 6.65. The maximum absolute atomic E-state index is 15.3. The molecule has 3 nitrogen and oxygen atoms in total. The van der Waals surface area contributed by atoms with Gasteiger partial charge in [0.05, 0.1) is 18.5 Å². The Morgan fingerprint density at radius 2 is 1.62 bits per heavy atom. The number of unbranched alkanes of at least 4 members (excludes halogenated alkanes) is 4. The Morgan fingerprint density at radius 1 is 0.800 bits per heavy atom. The molecule has 0 atom stereocenters. The van der Waals surface area contributed by atoms with Crippen molar-refractivity contribution in [3.63, 3.8) is 0 Å². The topological polar surface area (TPSA) is 31.4 Å². The molecular weight excluding hydrogens is 525 g/mol. The zero-order valence-electron chi connectivity index (χ0n) is 22.4. The number of benzene rings is 3.